The molecule has 17 heavy (non-hydrogen) atoms. The molecule has 4 aliphatic carbocycles. The first-order valence-electron chi connectivity index (χ1n) is 7.82. The topological polar surface area (TPSA) is 12.0 Å². The average Bonchev–Trinajstić information content (AvgIpc) is 2.11. The van der Waals surface area contributed by atoms with Crippen molar-refractivity contribution in [3.63, 3.8) is 0 Å². The van der Waals surface area contributed by atoms with Gasteiger partial charge in [0.2, 0.25) is 0 Å². The molecule has 0 spiro atoms. The summed E-state index contributed by atoms with van der Waals surface area (Å²) in [5, 5.41) is 3.97. The minimum Gasteiger partial charge on any atom is -0.309 e. The Morgan fingerprint density at radius 1 is 1.12 bits per heavy atom. The Labute approximate surface area is 107 Å². The van der Waals surface area contributed by atoms with Crippen molar-refractivity contribution < 1.29 is 0 Å². The maximum absolute atomic E-state index is 3.97. The Hall–Kier alpha value is -0.0400. The molecule has 2 unspecified atom stereocenters. The first kappa shape index (κ1) is 12.0. The zero-order valence-electron chi connectivity index (χ0n) is 11.9. The second-order valence-electron chi connectivity index (χ2n) is 7.79. The Bertz CT molecular complexity index is 274. The van der Waals surface area contributed by atoms with E-state index in [2.05, 4.69) is 26.1 Å². The SMILES string of the molecule is CCCC12CC3CC(C1)CC(NC(C)C)(C3)C2. The van der Waals surface area contributed by atoms with Crippen LogP contribution in [0.25, 0.3) is 0 Å². The van der Waals surface area contributed by atoms with Crippen LogP contribution in [0, 0.1) is 17.3 Å². The predicted octanol–water partition coefficient (Wildman–Crippen LogP) is 4.12. The van der Waals surface area contributed by atoms with E-state index < -0.39 is 0 Å². The van der Waals surface area contributed by atoms with Gasteiger partial charge in [0.1, 0.15) is 0 Å². The van der Waals surface area contributed by atoms with Gasteiger partial charge in [0.15, 0.2) is 0 Å². The molecule has 0 saturated heterocycles. The van der Waals surface area contributed by atoms with Crippen molar-refractivity contribution in [2.45, 2.75) is 83.7 Å². The number of hydrogen-bond acceptors (Lipinski definition) is 1. The number of nitrogens with one attached hydrogen (secondary N) is 1. The van der Waals surface area contributed by atoms with E-state index in [4.69, 9.17) is 0 Å². The molecule has 1 nitrogen and oxygen atoms in total. The highest BCUT2D eigenvalue weighted by atomic mass is 15.0. The third-order valence-electron chi connectivity index (χ3n) is 5.56. The van der Waals surface area contributed by atoms with Gasteiger partial charge >= 0.3 is 0 Å². The summed E-state index contributed by atoms with van der Waals surface area (Å²) in [5.41, 5.74) is 1.27. The van der Waals surface area contributed by atoms with Crippen LogP contribution in [0.2, 0.25) is 0 Å². The molecule has 4 rings (SSSR count). The lowest BCUT2D eigenvalue weighted by Crippen LogP contribution is -2.63. The molecule has 4 bridgehead atoms. The van der Waals surface area contributed by atoms with Crippen LogP contribution in [-0.2, 0) is 0 Å². The van der Waals surface area contributed by atoms with Gasteiger partial charge in [-0.15, -0.1) is 0 Å². The van der Waals surface area contributed by atoms with E-state index in [1.807, 2.05) is 0 Å². The van der Waals surface area contributed by atoms with E-state index in [1.54, 1.807) is 19.3 Å². The van der Waals surface area contributed by atoms with Crippen LogP contribution in [0.15, 0.2) is 0 Å². The lowest BCUT2D eigenvalue weighted by molar-refractivity contribution is -0.0882. The number of hydrogen-bond donors (Lipinski definition) is 1. The fourth-order valence-electron chi connectivity index (χ4n) is 6.06. The molecule has 98 valence electrons. The highest BCUT2D eigenvalue weighted by molar-refractivity contribution is 5.11. The van der Waals surface area contributed by atoms with Crippen LogP contribution in [0.4, 0.5) is 0 Å². The fraction of sp³-hybridized carbons (Fsp3) is 1.00. The first-order chi connectivity index (χ1) is 8.05. The normalized spacial score (nSPS) is 48.0. The summed E-state index contributed by atoms with van der Waals surface area (Å²) >= 11 is 0. The van der Waals surface area contributed by atoms with Crippen LogP contribution in [-0.4, -0.2) is 11.6 Å². The van der Waals surface area contributed by atoms with Crippen LogP contribution < -0.4 is 5.32 Å². The Balaban J connectivity index is 1.84. The molecule has 0 aromatic carbocycles. The maximum atomic E-state index is 3.97. The standard InChI is InChI=1S/C16H29N/c1-4-5-15-7-13-6-14(8-15)10-16(9-13,11-15)17-12(2)3/h12-14,17H,4-11H2,1-3H3. The highest BCUT2D eigenvalue weighted by Gasteiger charge is 2.56. The molecule has 0 radical (unpaired) electrons. The molecule has 1 N–H and O–H groups in total. The molecule has 0 amide bonds. The van der Waals surface area contributed by atoms with Crippen LogP contribution >= 0.6 is 0 Å². The van der Waals surface area contributed by atoms with E-state index in [0.717, 1.165) is 17.3 Å². The fourth-order valence-corrected chi connectivity index (χ4v) is 6.06. The van der Waals surface area contributed by atoms with Crippen molar-refractivity contribution in [1.82, 2.24) is 5.32 Å². The second-order valence-corrected chi connectivity index (χ2v) is 7.79. The van der Waals surface area contributed by atoms with E-state index in [-0.39, 0.29) is 0 Å². The van der Waals surface area contributed by atoms with Crippen LogP contribution in [0.3, 0.4) is 0 Å². The first-order valence-corrected chi connectivity index (χ1v) is 7.82. The third kappa shape index (κ3) is 2.05. The van der Waals surface area contributed by atoms with Crippen molar-refractivity contribution in [2.24, 2.45) is 17.3 Å². The molecule has 4 aliphatic rings. The van der Waals surface area contributed by atoms with Crippen molar-refractivity contribution >= 4 is 0 Å². The predicted molar refractivity (Wildman–Crippen MR) is 73.0 cm³/mol. The van der Waals surface area contributed by atoms with Crippen molar-refractivity contribution in [2.75, 3.05) is 0 Å². The second kappa shape index (κ2) is 3.98. The molecule has 0 aromatic heterocycles. The lowest BCUT2D eigenvalue weighted by Gasteiger charge is -2.63. The summed E-state index contributed by atoms with van der Waals surface area (Å²) in [6.45, 7) is 7.03. The molecule has 2 atom stereocenters. The minimum atomic E-state index is 0.535. The molecule has 4 fully saturated rings. The van der Waals surface area contributed by atoms with E-state index in [1.165, 1.54) is 32.1 Å². The Morgan fingerprint density at radius 3 is 2.29 bits per heavy atom. The summed E-state index contributed by atoms with van der Waals surface area (Å²) in [6, 6.07) is 0.657. The summed E-state index contributed by atoms with van der Waals surface area (Å²) in [7, 11) is 0. The van der Waals surface area contributed by atoms with Crippen molar-refractivity contribution in [3.05, 3.63) is 0 Å². The van der Waals surface area contributed by atoms with Gasteiger partial charge in [-0.1, -0.05) is 27.2 Å². The molecular weight excluding hydrogens is 206 g/mol. The van der Waals surface area contributed by atoms with Gasteiger partial charge < -0.3 is 5.32 Å². The summed E-state index contributed by atoms with van der Waals surface area (Å²) in [6.07, 6.45) is 12.0. The van der Waals surface area contributed by atoms with Gasteiger partial charge in [0.05, 0.1) is 0 Å². The van der Waals surface area contributed by atoms with Gasteiger partial charge in [-0.2, -0.15) is 0 Å². The van der Waals surface area contributed by atoms with Gasteiger partial charge in [-0.3, -0.25) is 0 Å². The molecule has 0 heterocycles. The zero-order valence-corrected chi connectivity index (χ0v) is 11.9. The van der Waals surface area contributed by atoms with Gasteiger partial charge in [0, 0.05) is 11.6 Å². The maximum Gasteiger partial charge on any atom is 0.0194 e. The molecule has 0 aromatic rings. The lowest BCUT2D eigenvalue weighted by atomic mass is 9.46. The third-order valence-corrected chi connectivity index (χ3v) is 5.56. The molecular formula is C16H29N. The molecule has 0 aliphatic heterocycles. The van der Waals surface area contributed by atoms with Crippen molar-refractivity contribution in [3.8, 4) is 0 Å². The summed E-state index contributed by atoms with van der Waals surface area (Å²) < 4.78 is 0. The zero-order chi connectivity index (χ0) is 12.1. The average molecular weight is 235 g/mol. The van der Waals surface area contributed by atoms with Gasteiger partial charge in [-0.05, 0) is 62.2 Å². The highest BCUT2D eigenvalue weighted by Crippen LogP contribution is 2.63. The van der Waals surface area contributed by atoms with Crippen molar-refractivity contribution in [1.29, 1.82) is 0 Å². The molecule has 1 heteroatoms. The Morgan fingerprint density at radius 2 is 1.76 bits per heavy atom. The van der Waals surface area contributed by atoms with E-state index in [0.29, 0.717) is 11.6 Å². The van der Waals surface area contributed by atoms with Crippen LogP contribution in [0.1, 0.15) is 72.1 Å². The summed E-state index contributed by atoms with van der Waals surface area (Å²) in [5.74, 6) is 2.10. The van der Waals surface area contributed by atoms with Gasteiger partial charge in [-0.25, -0.2) is 0 Å². The van der Waals surface area contributed by atoms with E-state index in [9.17, 15) is 0 Å². The van der Waals surface area contributed by atoms with Gasteiger partial charge in [0.25, 0.3) is 0 Å². The van der Waals surface area contributed by atoms with Crippen LogP contribution in [0.5, 0.6) is 0 Å². The quantitative estimate of drug-likeness (QED) is 0.773. The Kier molecular flexibility index (Phi) is 2.81. The van der Waals surface area contributed by atoms with E-state index >= 15 is 0 Å². The monoisotopic (exact) mass is 235 g/mol. The molecule has 4 saturated carbocycles. The summed E-state index contributed by atoms with van der Waals surface area (Å²) in [4.78, 5) is 0. The minimum absolute atomic E-state index is 0.535. The smallest absolute Gasteiger partial charge is 0.0194 e. The number of rotatable bonds is 4. The largest absolute Gasteiger partial charge is 0.309 e.